The van der Waals surface area contributed by atoms with Crippen LogP contribution < -0.4 is 9.47 Å². The van der Waals surface area contributed by atoms with Gasteiger partial charge >= 0.3 is 5.97 Å². The summed E-state index contributed by atoms with van der Waals surface area (Å²) in [7, 11) is 0. The van der Waals surface area contributed by atoms with Crippen LogP contribution in [0.1, 0.15) is 114 Å². The molecule has 1 aliphatic carbocycles. The Labute approximate surface area is 232 Å². The van der Waals surface area contributed by atoms with E-state index in [0.717, 1.165) is 36.3 Å². The van der Waals surface area contributed by atoms with E-state index in [0.29, 0.717) is 17.9 Å². The van der Waals surface area contributed by atoms with E-state index in [1.165, 1.54) is 76.2 Å². The normalized spacial score (nSPS) is 18.4. The zero-order valence-corrected chi connectivity index (χ0v) is 24.1. The Kier molecular flexibility index (Phi) is 13.5. The molecule has 2 aromatic rings. The van der Waals surface area contributed by atoms with Crippen molar-refractivity contribution in [3.05, 3.63) is 71.8 Å². The van der Waals surface area contributed by atoms with Gasteiger partial charge in [0, 0.05) is 0 Å². The minimum absolute atomic E-state index is 0.334. The molecule has 3 nitrogen and oxygen atoms in total. The molecule has 0 bridgehead atoms. The third-order valence-electron chi connectivity index (χ3n) is 8.13. The summed E-state index contributed by atoms with van der Waals surface area (Å²) in [5, 5.41) is 0. The summed E-state index contributed by atoms with van der Waals surface area (Å²) >= 11 is 0. The van der Waals surface area contributed by atoms with E-state index in [9.17, 15) is 4.79 Å². The summed E-state index contributed by atoms with van der Waals surface area (Å²) in [4.78, 5) is 12.6. The molecule has 1 saturated carbocycles. The van der Waals surface area contributed by atoms with Gasteiger partial charge in [-0.1, -0.05) is 77.2 Å². The third-order valence-corrected chi connectivity index (χ3v) is 8.13. The van der Waals surface area contributed by atoms with Crippen LogP contribution in [0.4, 0.5) is 0 Å². The van der Waals surface area contributed by atoms with Crippen LogP contribution in [0.3, 0.4) is 0 Å². The topological polar surface area (TPSA) is 35.5 Å². The Bertz CT molecular complexity index is 936. The van der Waals surface area contributed by atoms with Crippen LogP contribution in [-0.4, -0.2) is 12.6 Å². The van der Waals surface area contributed by atoms with Gasteiger partial charge in [-0.3, -0.25) is 0 Å². The molecule has 3 heteroatoms. The highest BCUT2D eigenvalue weighted by molar-refractivity contribution is 5.91. The lowest BCUT2D eigenvalue weighted by molar-refractivity contribution is 0.0734. The summed E-state index contributed by atoms with van der Waals surface area (Å²) in [6, 6.07) is 15.3. The summed E-state index contributed by atoms with van der Waals surface area (Å²) in [5.41, 5.74) is 1.85. The van der Waals surface area contributed by atoms with E-state index >= 15 is 0 Å². The smallest absolute Gasteiger partial charge is 0.343 e. The number of aryl methyl sites for hydroxylation is 1. The minimum atomic E-state index is -0.334. The highest BCUT2D eigenvalue weighted by atomic mass is 16.5. The summed E-state index contributed by atoms with van der Waals surface area (Å²) in [5.74, 6) is 3.51. The number of allylic oxidation sites excluding steroid dienone is 2. The lowest BCUT2D eigenvalue weighted by atomic mass is 9.79. The molecule has 0 spiro atoms. The first-order chi connectivity index (χ1) is 18.6. The molecule has 0 N–H and O–H groups in total. The molecule has 0 aromatic heterocycles. The molecule has 2 aromatic carbocycles. The molecular formula is C35H50O3. The molecule has 3 rings (SSSR count). The van der Waals surface area contributed by atoms with Crippen LogP contribution in [0.25, 0.3) is 0 Å². The maximum Gasteiger partial charge on any atom is 0.343 e. The van der Waals surface area contributed by atoms with E-state index < -0.39 is 0 Å². The number of benzene rings is 2. The summed E-state index contributed by atoms with van der Waals surface area (Å²) < 4.78 is 11.5. The van der Waals surface area contributed by atoms with Crippen LogP contribution in [0, 0.1) is 17.8 Å². The van der Waals surface area contributed by atoms with Crippen LogP contribution in [-0.2, 0) is 6.42 Å². The molecule has 38 heavy (non-hydrogen) atoms. The summed E-state index contributed by atoms with van der Waals surface area (Å²) in [6.45, 7) is 7.53. The van der Waals surface area contributed by atoms with E-state index in [-0.39, 0.29) is 5.97 Å². The van der Waals surface area contributed by atoms with Crippen LogP contribution in [0.5, 0.6) is 11.5 Å². The van der Waals surface area contributed by atoms with Gasteiger partial charge in [-0.05, 0) is 111 Å². The van der Waals surface area contributed by atoms with Gasteiger partial charge in [0.05, 0.1) is 12.2 Å². The molecule has 1 aliphatic rings. The Morgan fingerprint density at radius 2 is 1.63 bits per heavy atom. The van der Waals surface area contributed by atoms with E-state index in [2.05, 4.69) is 45.1 Å². The Balaban J connectivity index is 1.33. The number of hydrogen-bond donors (Lipinski definition) is 0. The van der Waals surface area contributed by atoms with Crippen molar-refractivity contribution in [3.8, 4) is 11.5 Å². The zero-order chi connectivity index (χ0) is 27.0. The van der Waals surface area contributed by atoms with Gasteiger partial charge in [0.2, 0.25) is 0 Å². The largest absolute Gasteiger partial charge is 0.494 e. The van der Waals surface area contributed by atoms with Crippen molar-refractivity contribution < 1.29 is 14.3 Å². The van der Waals surface area contributed by atoms with Crippen LogP contribution in [0.2, 0.25) is 0 Å². The first kappa shape index (κ1) is 30.0. The number of hydrogen-bond acceptors (Lipinski definition) is 3. The predicted octanol–water partition coefficient (Wildman–Crippen LogP) is 9.99. The molecule has 0 amide bonds. The van der Waals surface area contributed by atoms with Crippen molar-refractivity contribution in [3.63, 3.8) is 0 Å². The van der Waals surface area contributed by atoms with Crippen molar-refractivity contribution in [1.29, 1.82) is 0 Å². The maximum absolute atomic E-state index is 12.6. The van der Waals surface area contributed by atoms with Gasteiger partial charge in [-0.25, -0.2) is 4.79 Å². The van der Waals surface area contributed by atoms with Crippen molar-refractivity contribution in [2.75, 3.05) is 6.61 Å². The van der Waals surface area contributed by atoms with Gasteiger partial charge in [0.15, 0.2) is 0 Å². The monoisotopic (exact) mass is 518 g/mol. The number of ether oxygens (including phenoxy) is 2. The average Bonchev–Trinajstić information content (AvgIpc) is 2.95. The van der Waals surface area contributed by atoms with E-state index in [1.807, 2.05) is 24.3 Å². The SMILES string of the molecule is CCCC=CC1CCC(CCc2ccc(OC(=O)c3ccc(OCCCCCC(C)CC)cc3)cc2)CC1. The predicted molar refractivity (Wildman–Crippen MR) is 159 cm³/mol. The highest BCUT2D eigenvalue weighted by Crippen LogP contribution is 2.32. The Morgan fingerprint density at radius 1 is 0.921 bits per heavy atom. The molecule has 1 fully saturated rings. The lowest BCUT2D eigenvalue weighted by Gasteiger charge is -2.26. The molecule has 1 unspecified atom stereocenters. The van der Waals surface area contributed by atoms with Gasteiger partial charge in [0.25, 0.3) is 0 Å². The minimum Gasteiger partial charge on any atom is -0.494 e. The quantitative estimate of drug-likeness (QED) is 0.0959. The first-order valence-corrected chi connectivity index (χ1v) is 15.3. The molecule has 208 valence electrons. The molecule has 0 radical (unpaired) electrons. The number of esters is 1. The zero-order valence-electron chi connectivity index (χ0n) is 24.1. The second-order valence-corrected chi connectivity index (χ2v) is 11.3. The fourth-order valence-electron chi connectivity index (χ4n) is 5.24. The number of carbonyl (C=O) groups is 1. The lowest BCUT2D eigenvalue weighted by Crippen LogP contribution is -2.13. The second kappa shape index (κ2) is 17.1. The Hall–Kier alpha value is -2.55. The molecule has 1 atom stereocenters. The maximum atomic E-state index is 12.6. The van der Waals surface area contributed by atoms with Crippen molar-refractivity contribution in [1.82, 2.24) is 0 Å². The Morgan fingerprint density at radius 3 is 2.32 bits per heavy atom. The molecule has 0 heterocycles. The van der Waals surface area contributed by atoms with Crippen LogP contribution >= 0.6 is 0 Å². The van der Waals surface area contributed by atoms with Gasteiger partial charge < -0.3 is 9.47 Å². The molecule has 0 saturated heterocycles. The fraction of sp³-hybridized carbons (Fsp3) is 0.571. The standard InChI is InChI=1S/C35H50O3/c1-4-6-8-12-29-13-15-30(16-14-29)17-18-31-19-23-34(24-20-31)38-35(36)32-21-25-33(26-22-32)37-27-10-7-9-11-28(3)5-2/h8,12,19-26,28-30H,4-7,9-11,13-18,27H2,1-3H3. The highest BCUT2D eigenvalue weighted by Gasteiger charge is 2.19. The average molecular weight is 519 g/mol. The second-order valence-electron chi connectivity index (χ2n) is 11.3. The van der Waals surface area contributed by atoms with E-state index in [4.69, 9.17) is 9.47 Å². The summed E-state index contributed by atoms with van der Waals surface area (Å²) in [6.07, 6.45) is 21.1. The van der Waals surface area contributed by atoms with Gasteiger partial charge in [0.1, 0.15) is 11.5 Å². The van der Waals surface area contributed by atoms with E-state index in [1.54, 1.807) is 12.1 Å². The molecular weight excluding hydrogens is 468 g/mol. The van der Waals surface area contributed by atoms with Crippen molar-refractivity contribution in [2.24, 2.45) is 17.8 Å². The fourth-order valence-corrected chi connectivity index (χ4v) is 5.24. The number of carbonyl (C=O) groups excluding carboxylic acids is 1. The van der Waals surface area contributed by atoms with Crippen molar-refractivity contribution >= 4 is 5.97 Å². The van der Waals surface area contributed by atoms with Crippen molar-refractivity contribution in [2.45, 2.75) is 104 Å². The van der Waals surface area contributed by atoms with Gasteiger partial charge in [-0.15, -0.1) is 0 Å². The molecule has 0 aliphatic heterocycles. The number of rotatable bonds is 16. The number of unbranched alkanes of at least 4 members (excludes halogenated alkanes) is 3. The van der Waals surface area contributed by atoms with Crippen LogP contribution in [0.15, 0.2) is 60.7 Å². The van der Waals surface area contributed by atoms with Gasteiger partial charge in [-0.2, -0.15) is 0 Å². The first-order valence-electron chi connectivity index (χ1n) is 15.3. The third kappa shape index (κ3) is 11.1.